The molecule has 8 heteroatoms. The molecule has 0 amide bonds. The first-order valence-electron chi connectivity index (χ1n) is 9.96. The van der Waals surface area contributed by atoms with Gasteiger partial charge in [-0.25, -0.2) is 13.4 Å². The normalized spacial score (nSPS) is 18.5. The SMILES string of the molecule is CCNC(=NCc1ccc(C)cc1OC(C)C)NC[C@H]1CCCN1S(C)(=O)=O. The van der Waals surface area contributed by atoms with Gasteiger partial charge in [-0.3, -0.25) is 0 Å². The summed E-state index contributed by atoms with van der Waals surface area (Å²) in [6, 6.07) is 6.11. The van der Waals surface area contributed by atoms with Crippen LogP contribution in [0.2, 0.25) is 0 Å². The van der Waals surface area contributed by atoms with Crippen LogP contribution in [0.15, 0.2) is 23.2 Å². The monoisotopic (exact) mass is 410 g/mol. The van der Waals surface area contributed by atoms with Gasteiger partial charge >= 0.3 is 0 Å². The number of nitrogens with one attached hydrogen (secondary N) is 2. The van der Waals surface area contributed by atoms with Gasteiger partial charge < -0.3 is 15.4 Å². The van der Waals surface area contributed by atoms with Gasteiger partial charge in [0.2, 0.25) is 10.0 Å². The van der Waals surface area contributed by atoms with Gasteiger partial charge in [0, 0.05) is 31.2 Å². The summed E-state index contributed by atoms with van der Waals surface area (Å²) in [6.07, 6.45) is 3.13. The molecule has 0 radical (unpaired) electrons. The molecule has 0 aromatic heterocycles. The minimum Gasteiger partial charge on any atom is -0.491 e. The Bertz CT molecular complexity index is 778. The number of aliphatic imine (C=N–C) groups is 1. The lowest BCUT2D eigenvalue weighted by molar-refractivity contribution is 0.240. The zero-order valence-corrected chi connectivity index (χ0v) is 18.5. The van der Waals surface area contributed by atoms with Crippen LogP contribution in [0.25, 0.3) is 0 Å². The van der Waals surface area contributed by atoms with E-state index in [4.69, 9.17) is 4.74 Å². The molecule has 1 aliphatic heterocycles. The molecule has 1 heterocycles. The van der Waals surface area contributed by atoms with Crippen LogP contribution in [-0.2, 0) is 16.6 Å². The minimum atomic E-state index is -3.17. The molecule has 1 aromatic carbocycles. The molecule has 2 rings (SSSR count). The summed E-state index contributed by atoms with van der Waals surface area (Å²) >= 11 is 0. The fourth-order valence-electron chi connectivity index (χ4n) is 3.33. The number of ether oxygens (including phenoxy) is 1. The molecular formula is C20H34N4O3S. The third-order valence-electron chi connectivity index (χ3n) is 4.59. The molecule has 7 nitrogen and oxygen atoms in total. The summed E-state index contributed by atoms with van der Waals surface area (Å²) in [7, 11) is -3.17. The Morgan fingerprint density at radius 3 is 2.75 bits per heavy atom. The third kappa shape index (κ3) is 6.67. The maximum atomic E-state index is 11.9. The highest BCUT2D eigenvalue weighted by Gasteiger charge is 2.31. The molecule has 0 aliphatic carbocycles. The van der Waals surface area contributed by atoms with Crippen LogP contribution >= 0.6 is 0 Å². The fourth-order valence-corrected chi connectivity index (χ4v) is 4.51. The van der Waals surface area contributed by atoms with Gasteiger partial charge in [0.1, 0.15) is 5.75 Å². The predicted octanol–water partition coefficient (Wildman–Crippen LogP) is 2.26. The fraction of sp³-hybridized carbons (Fsp3) is 0.650. The minimum absolute atomic E-state index is 0.0296. The van der Waals surface area contributed by atoms with Crippen molar-refractivity contribution in [2.75, 3.05) is 25.9 Å². The number of hydrogen-bond acceptors (Lipinski definition) is 4. The second-order valence-electron chi connectivity index (χ2n) is 7.52. The van der Waals surface area contributed by atoms with Crippen molar-refractivity contribution in [1.29, 1.82) is 0 Å². The largest absolute Gasteiger partial charge is 0.491 e. The van der Waals surface area contributed by atoms with Crippen LogP contribution in [0.3, 0.4) is 0 Å². The van der Waals surface area contributed by atoms with Gasteiger partial charge in [-0.1, -0.05) is 12.1 Å². The Labute approximate surface area is 169 Å². The van der Waals surface area contributed by atoms with Crippen molar-refractivity contribution in [1.82, 2.24) is 14.9 Å². The van der Waals surface area contributed by atoms with Crippen LogP contribution in [0, 0.1) is 6.92 Å². The lowest BCUT2D eigenvalue weighted by Crippen LogP contribution is -2.46. The van der Waals surface area contributed by atoms with Crippen molar-refractivity contribution in [3.8, 4) is 5.75 Å². The molecule has 2 N–H and O–H groups in total. The van der Waals surface area contributed by atoms with Gasteiger partial charge in [0.25, 0.3) is 0 Å². The van der Waals surface area contributed by atoms with Gasteiger partial charge in [-0.2, -0.15) is 4.31 Å². The summed E-state index contributed by atoms with van der Waals surface area (Å²) in [5, 5.41) is 6.53. The van der Waals surface area contributed by atoms with Crippen molar-refractivity contribution >= 4 is 16.0 Å². The Kier molecular flexibility index (Phi) is 8.12. The second-order valence-corrected chi connectivity index (χ2v) is 9.46. The van der Waals surface area contributed by atoms with E-state index in [-0.39, 0.29) is 12.1 Å². The number of guanidine groups is 1. The Balaban J connectivity index is 2.07. The number of nitrogens with zero attached hydrogens (tertiary/aromatic N) is 2. The van der Waals surface area contributed by atoms with E-state index in [1.807, 2.05) is 39.8 Å². The van der Waals surface area contributed by atoms with E-state index in [9.17, 15) is 8.42 Å². The van der Waals surface area contributed by atoms with E-state index in [1.165, 1.54) is 6.26 Å². The second kappa shape index (κ2) is 10.1. The third-order valence-corrected chi connectivity index (χ3v) is 5.92. The summed E-state index contributed by atoms with van der Waals surface area (Å²) in [6.45, 7) is 10.4. The molecule has 158 valence electrons. The van der Waals surface area contributed by atoms with E-state index in [0.717, 1.165) is 36.3 Å². The van der Waals surface area contributed by atoms with Crippen molar-refractivity contribution in [2.24, 2.45) is 4.99 Å². The van der Waals surface area contributed by atoms with Gasteiger partial charge in [0.15, 0.2) is 5.96 Å². The van der Waals surface area contributed by atoms with Crippen molar-refractivity contribution in [2.45, 2.75) is 59.2 Å². The topological polar surface area (TPSA) is 83.0 Å². The molecular weight excluding hydrogens is 376 g/mol. The van der Waals surface area contributed by atoms with Crippen molar-refractivity contribution < 1.29 is 13.2 Å². The molecule has 0 spiro atoms. The maximum Gasteiger partial charge on any atom is 0.211 e. The zero-order valence-electron chi connectivity index (χ0n) is 17.7. The Hall–Kier alpha value is -1.80. The quantitative estimate of drug-likeness (QED) is 0.507. The molecule has 0 bridgehead atoms. The molecule has 0 unspecified atom stereocenters. The van der Waals surface area contributed by atoms with Crippen molar-refractivity contribution in [3.05, 3.63) is 29.3 Å². The van der Waals surface area contributed by atoms with Gasteiger partial charge in [0.05, 0.1) is 18.9 Å². The first-order valence-corrected chi connectivity index (χ1v) is 11.8. The number of hydrogen-bond donors (Lipinski definition) is 2. The number of sulfonamides is 1. The van der Waals surface area contributed by atoms with Crippen LogP contribution in [0.4, 0.5) is 0 Å². The number of aryl methyl sites for hydroxylation is 1. The van der Waals surface area contributed by atoms with Gasteiger partial charge in [-0.05, 0) is 52.2 Å². The first kappa shape index (κ1) is 22.5. The van der Waals surface area contributed by atoms with Gasteiger partial charge in [-0.15, -0.1) is 0 Å². The van der Waals surface area contributed by atoms with Crippen LogP contribution < -0.4 is 15.4 Å². The van der Waals surface area contributed by atoms with E-state index >= 15 is 0 Å². The summed E-state index contributed by atoms with van der Waals surface area (Å²) < 4.78 is 31.3. The molecule has 1 saturated heterocycles. The summed E-state index contributed by atoms with van der Waals surface area (Å²) in [4.78, 5) is 4.68. The lowest BCUT2D eigenvalue weighted by Gasteiger charge is -2.23. The van der Waals surface area contributed by atoms with E-state index < -0.39 is 10.0 Å². The molecule has 1 aromatic rings. The smallest absolute Gasteiger partial charge is 0.211 e. The van der Waals surface area contributed by atoms with Crippen molar-refractivity contribution in [3.63, 3.8) is 0 Å². The molecule has 1 aliphatic rings. The average molecular weight is 411 g/mol. The molecule has 1 fully saturated rings. The number of benzene rings is 1. The average Bonchev–Trinajstić information content (AvgIpc) is 3.07. The van der Waals surface area contributed by atoms with E-state index in [2.05, 4.69) is 21.7 Å². The standard InChI is InChI=1S/C20H34N4O3S/c1-6-21-20(23-14-18-8-7-11-24(18)28(5,25)26)22-13-17-10-9-16(4)12-19(17)27-15(2)3/h9-10,12,15,18H,6-8,11,13-14H2,1-5H3,(H2,21,22,23)/t18-/m1/s1. The van der Waals surface area contributed by atoms with E-state index in [1.54, 1.807) is 4.31 Å². The highest BCUT2D eigenvalue weighted by molar-refractivity contribution is 7.88. The molecule has 0 saturated carbocycles. The summed E-state index contributed by atoms with van der Waals surface area (Å²) in [5.41, 5.74) is 2.17. The van der Waals surface area contributed by atoms with E-state index in [0.29, 0.717) is 25.6 Å². The number of rotatable bonds is 8. The van der Waals surface area contributed by atoms with Crippen LogP contribution in [0.1, 0.15) is 44.7 Å². The van der Waals surface area contributed by atoms with Crippen LogP contribution in [-0.4, -0.2) is 56.7 Å². The highest BCUT2D eigenvalue weighted by atomic mass is 32.2. The molecule has 28 heavy (non-hydrogen) atoms. The maximum absolute atomic E-state index is 11.9. The highest BCUT2D eigenvalue weighted by Crippen LogP contribution is 2.23. The summed E-state index contributed by atoms with van der Waals surface area (Å²) in [5.74, 6) is 1.53. The first-order chi connectivity index (χ1) is 13.2. The Morgan fingerprint density at radius 2 is 2.11 bits per heavy atom. The zero-order chi connectivity index (χ0) is 20.7. The molecule has 1 atom stereocenters. The predicted molar refractivity (Wildman–Crippen MR) is 114 cm³/mol. The lowest BCUT2D eigenvalue weighted by atomic mass is 10.1. The van der Waals surface area contributed by atoms with Crippen LogP contribution in [0.5, 0.6) is 5.75 Å². The Morgan fingerprint density at radius 1 is 1.36 bits per heavy atom.